The van der Waals surface area contributed by atoms with Gasteiger partial charge in [-0.15, -0.1) is 0 Å². The van der Waals surface area contributed by atoms with Crippen LogP contribution in [-0.2, 0) is 19.1 Å². The topological polar surface area (TPSA) is 99.5 Å². The van der Waals surface area contributed by atoms with Crippen molar-refractivity contribution in [1.29, 1.82) is 5.26 Å². The summed E-state index contributed by atoms with van der Waals surface area (Å²) in [6.45, 7) is 4.34. The van der Waals surface area contributed by atoms with Crippen molar-refractivity contribution in [1.82, 2.24) is 4.90 Å². The lowest BCUT2D eigenvalue weighted by Gasteiger charge is -2.39. The van der Waals surface area contributed by atoms with Crippen molar-refractivity contribution < 1.29 is 19.1 Å². The molecule has 1 saturated heterocycles. The molecule has 0 unspecified atom stereocenters. The molecule has 1 aliphatic heterocycles. The number of carbonyl (C=O) groups is 3. The number of rotatable bonds is 5. The number of hydrogen-bond donors (Lipinski definition) is 1. The summed E-state index contributed by atoms with van der Waals surface area (Å²) >= 11 is 0. The second-order valence-corrected chi connectivity index (χ2v) is 8.13. The first-order chi connectivity index (χ1) is 13.9. The van der Waals surface area contributed by atoms with Crippen LogP contribution in [0.3, 0.4) is 0 Å². The zero-order valence-electron chi connectivity index (χ0n) is 16.9. The summed E-state index contributed by atoms with van der Waals surface area (Å²) in [5.41, 5.74) is 0.892. The van der Waals surface area contributed by atoms with Crippen LogP contribution < -0.4 is 5.32 Å². The quantitative estimate of drug-likeness (QED) is 0.770. The Bertz CT molecular complexity index is 832. The maximum Gasteiger partial charge on any atom is 0.311 e. The Hall–Kier alpha value is -2.88. The van der Waals surface area contributed by atoms with Gasteiger partial charge in [-0.2, -0.15) is 5.26 Å². The minimum absolute atomic E-state index is 0.00401. The number of nitriles is 1. The molecular formula is C22H27N3O4. The number of nitrogens with zero attached hydrogens (tertiary/aromatic N) is 2. The van der Waals surface area contributed by atoms with Gasteiger partial charge < -0.3 is 15.0 Å². The van der Waals surface area contributed by atoms with Gasteiger partial charge in [0.25, 0.3) is 5.91 Å². The molecule has 4 atom stereocenters. The normalized spacial score (nSPS) is 26.7. The van der Waals surface area contributed by atoms with E-state index in [1.54, 1.807) is 24.3 Å². The van der Waals surface area contributed by atoms with E-state index in [-0.39, 0.29) is 18.4 Å². The molecule has 1 aliphatic carbocycles. The first-order valence-corrected chi connectivity index (χ1v) is 10.1. The van der Waals surface area contributed by atoms with E-state index in [4.69, 9.17) is 10.00 Å². The van der Waals surface area contributed by atoms with Gasteiger partial charge in [-0.3, -0.25) is 14.4 Å². The lowest BCUT2D eigenvalue weighted by molar-refractivity contribution is -0.151. The highest BCUT2D eigenvalue weighted by Crippen LogP contribution is 2.35. The van der Waals surface area contributed by atoms with Gasteiger partial charge in [0.15, 0.2) is 6.61 Å². The number of esters is 1. The van der Waals surface area contributed by atoms with Gasteiger partial charge in [0, 0.05) is 24.7 Å². The summed E-state index contributed by atoms with van der Waals surface area (Å²) < 4.78 is 5.15. The highest BCUT2D eigenvalue weighted by Gasteiger charge is 2.42. The molecule has 29 heavy (non-hydrogen) atoms. The van der Waals surface area contributed by atoms with Crippen molar-refractivity contribution in [2.75, 3.05) is 18.5 Å². The van der Waals surface area contributed by atoms with Gasteiger partial charge in [0.1, 0.15) is 0 Å². The monoisotopic (exact) mass is 397 g/mol. The van der Waals surface area contributed by atoms with Crippen molar-refractivity contribution in [3.05, 3.63) is 29.8 Å². The van der Waals surface area contributed by atoms with Crippen LogP contribution >= 0.6 is 0 Å². The van der Waals surface area contributed by atoms with E-state index in [0.717, 1.165) is 12.8 Å². The van der Waals surface area contributed by atoms with Gasteiger partial charge in [0.05, 0.1) is 17.6 Å². The zero-order chi connectivity index (χ0) is 21.0. The molecule has 2 aliphatic rings. The number of likely N-dealkylation sites (tertiary alicyclic amines) is 1. The minimum Gasteiger partial charge on any atom is -0.455 e. The number of amides is 2. The summed E-state index contributed by atoms with van der Waals surface area (Å²) in [4.78, 5) is 38.8. The van der Waals surface area contributed by atoms with Crippen LogP contribution in [0.1, 0.15) is 45.1 Å². The Balaban J connectivity index is 1.50. The number of benzene rings is 1. The number of hydrogen-bond acceptors (Lipinski definition) is 5. The molecule has 0 radical (unpaired) electrons. The van der Waals surface area contributed by atoms with E-state index in [9.17, 15) is 14.4 Å². The van der Waals surface area contributed by atoms with Gasteiger partial charge in [-0.05, 0) is 36.5 Å². The maximum absolute atomic E-state index is 12.5. The Morgan fingerprint density at radius 3 is 2.86 bits per heavy atom. The van der Waals surface area contributed by atoms with Gasteiger partial charge in [-0.1, -0.05) is 32.8 Å². The predicted molar refractivity (Wildman–Crippen MR) is 107 cm³/mol. The fourth-order valence-electron chi connectivity index (χ4n) is 4.32. The number of ether oxygens (including phenoxy) is 1. The van der Waals surface area contributed by atoms with Crippen molar-refractivity contribution in [3.63, 3.8) is 0 Å². The molecule has 0 spiro atoms. The average molecular weight is 397 g/mol. The van der Waals surface area contributed by atoms with Crippen molar-refractivity contribution in [2.24, 2.45) is 17.8 Å². The van der Waals surface area contributed by atoms with Gasteiger partial charge in [0.2, 0.25) is 5.91 Å². The number of nitrogens with one attached hydrogen (secondary N) is 1. The number of carbonyl (C=O) groups excluding carboxylic acids is 3. The third-order valence-electron chi connectivity index (χ3n) is 6.18. The fourth-order valence-corrected chi connectivity index (χ4v) is 4.32. The average Bonchev–Trinajstić information content (AvgIpc) is 3.10. The molecule has 154 valence electrons. The Morgan fingerprint density at radius 1 is 1.31 bits per heavy atom. The first-order valence-electron chi connectivity index (χ1n) is 10.1. The lowest BCUT2D eigenvalue weighted by atomic mass is 9.77. The maximum atomic E-state index is 12.5. The molecule has 7 nitrogen and oxygen atoms in total. The van der Waals surface area contributed by atoms with Crippen LogP contribution in [-0.4, -0.2) is 41.9 Å². The van der Waals surface area contributed by atoms with Crippen LogP contribution in [0.2, 0.25) is 0 Å². The summed E-state index contributed by atoms with van der Waals surface area (Å²) in [5, 5.41) is 11.5. The molecular weight excluding hydrogens is 370 g/mol. The molecule has 3 rings (SSSR count). The minimum atomic E-state index is -0.526. The van der Waals surface area contributed by atoms with Crippen molar-refractivity contribution in [2.45, 2.75) is 45.6 Å². The molecule has 2 amide bonds. The van der Waals surface area contributed by atoms with Crippen LogP contribution in [0.4, 0.5) is 5.69 Å². The molecule has 1 saturated carbocycles. The van der Waals surface area contributed by atoms with Crippen molar-refractivity contribution in [3.8, 4) is 6.07 Å². The van der Waals surface area contributed by atoms with E-state index in [1.165, 1.54) is 6.42 Å². The van der Waals surface area contributed by atoms with E-state index in [2.05, 4.69) is 19.2 Å². The molecule has 1 heterocycles. The molecule has 0 bridgehead atoms. The largest absolute Gasteiger partial charge is 0.455 e. The van der Waals surface area contributed by atoms with E-state index in [0.29, 0.717) is 29.6 Å². The zero-order valence-corrected chi connectivity index (χ0v) is 16.9. The lowest BCUT2D eigenvalue weighted by Crippen LogP contribution is -2.45. The fraction of sp³-hybridized carbons (Fsp3) is 0.545. The number of anilines is 1. The molecule has 1 N–H and O–H groups in total. The Labute approximate surface area is 171 Å². The van der Waals surface area contributed by atoms with Crippen molar-refractivity contribution >= 4 is 23.5 Å². The highest BCUT2D eigenvalue weighted by molar-refractivity contribution is 5.93. The van der Waals surface area contributed by atoms with E-state index >= 15 is 0 Å². The summed E-state index contributed by atoms with van der Waals surface area (Å²) in [5.74, 6) is -0.548. The second kappa shape index (κ2) is 9.08. The van der Waals surface area contributed by atoms with Crippen LogP contribution in [0, 0.1) is 29.1 Å². The van der Waals surface area contributed by atoms with E-state index in [1.807, 2.05) is 11.0 Å². The molecule has 7 heteroatoms. The molecule has 2 fully saturated rings. The standard InChI is InChI=1S/C22H27N3O4/c1-14-5-3-8-19(15(14)2)25-12-17(10-21(25)27)22(28)29-13-20(26)24-18-7-4-6-16(9-18)11-23/h4,6-7,9,14-15,17,19H,3,5,8,10,12-13H2,1-2H3,(H,24,26)/t14-,15-,17-,19-/m1/s1. The third kappa shape index (κ3) is 4.94. The Kier molecular flexibility index (Phi) is 6.53. The van der Waals surface area contributed by atoms with Crippen LogP contribution in [0.15, 0.2) is 24.3 Å². The summed E-state index contributed by atoms with van der Waals surface area (Å²) in [6, 6.07) is 8.66. The van der Waals surface area contributed by atoms with Crippen LogP contribution in [0.25, 0.3) is 0 Å². The smallest absolute Gasteiger partial charge is 0.311 e. The second-order valence-electron chi connectivity index (χ2n) is 8.13. The molecule has 1 aromatic rings. The molecule has 1 aromatic carbocycles. The predicted octanol–water partition coefficient (Wildman–Crippen LogP) is 2.71. The van der Waals surface area contributed by atoms with Gasteiger partial charge in [-0.25, -0.2) is 0 Å². The highest BCUT2D eigenvalue weighted by atomic mass is 16.5. The SMILES string of the molecule is C[C@@H]1[C@H](C)CCC[C@H]1N1C[C@H](C(=O)OCC(=O)Nc2cccc(C#N)c2)CC1=O. The summed E-state index contributed by atoms with van der Waals surface area (Å²) in [7, 11) is 0. The van der Waals surface area contributed by atoms with Crippen LogP contribution in [0.5, 0.6) is 0 Å². The molecule has 0 aromatic heterocycles. The third-order valence-corrected chi connectivity index (χ3v) is 6.18. The van der Waals surface area contributed by atoms with Gasteiger partial charge >= 0.3 is 5.97 Å². The summed E-state index contributed by atoms with van der Waals surface area (Å²) in [6.07, 6.45) is 3.39. The van der Waals surface area contributed by atoms with E-state index < -0.39 is 24.4 Å². The first kappa shape index (κ1) is 20.8. The Morgan fingerprint density at radius 2 is 2.10 bits per heavy atom.